The molecule has 0 aliphatic carbocycles. The third-order valence-corrected chi connectivity index (χ3v) is 4.46. The first kappa shape index (κ1) is 16.8. The number of methoxy groups -OCH3 is 2. The van der Waals surface area contributed by atoms with Gasteiger partial charge in [-0.2, -0.15) is 0 Å². The molecule has 0 saturated carbocycles. The second kappa shape index (κ2) is 5.59. The average molecular weight is 306 g/mol. The highest BCUT2D eigenvalue weighted by Crippen LogP contribution is 2.37. The standard InChI is InChI=1S/C16H23BO5/c1-10-8-11(9-12(19-6)13(10)14(18)20-7)17-21-15(2,3)16(4,5)22-17/h8-9H,1-7H3. The van der Waals surface area contributed by atoms with E-state index in [1.54, 1.807) is 6.07 Å². The van der Waals surface area contributed by atoms with Crippen LogP contribution in [0.2, 0.25) is 0 Å². The van der Waals surface area contributed by atoms with E-state index in [1.165, 1.54) is 14.2 Å². The van der Waals surface area contributed by atoms with Gasteiger partial charge in [0, 0.05) is 0 Å². The van der Waals surface area contributed by atoms with Crippen molar-refractivity contribution in [1.29, 1.82) is 0 Å². The predicted octanol–water partition coefficient (Wildman–Crippen LogP) is 2.09. The largest absolute Gasteiger partial charge is 0.496 e. The summed E-state index contributed by atoms with van der Waals surface area (Å²) in [7, 11) is 2.38. The molecule has 0 amide bonds. The second-order valence-corrected chi connectivity index (χ2v) is 6.49. The second-order valence-electron chi connectivity index (χ2n) is 6.49. The van der Waals surface area contributed by atoms with Gasteiger partial charge >= 0.3 is 13.1 Å². The highest BCUT2D eigenvalue weighted by molar-refractivity contribution is 6.62. The van der Waals surface area contributed by atoms with Gasteiger partial charge in [0.1, 0.15) is 11.3 Å². The Labute approximate surface area is 132 Å². The molecular formula is C16H23BO5. The number of carbonyl (C=O) groups excluding carboxylic acids is 1. The highest BCUT2D eigenvalue weighted by Gasteiger charge is 2.51. The zero-order valence-corrected chi connectivity index (χ0v) is 14.3. The maximum absolute atomic E-state index is 11.9. The smallest absolute Gasteiger partial charge is 0.494 e. The third-order valence-electron chi connectivity index (χ3n) is 4.46. The lowest BCUT2D eigenvalue weighted by molar-refractivity contribution is 0.00578. The molecule has 5 nitrogen and oxygen atoms in total. The summed E-state index contributed by atoms with van der Waals surface area (Å²) >= 11 is 0. The Morgan fingerprint density at radius 3 is 2.09 bits per heavy atom. The first-order chi connectivity index (χ1) is 10.1. The number of benzene rings is 1. The predicted molar refractivity (Wildman–Crippen MR) is 84.8 cm³/mol. The summed E-state index contributed by atoms with van der Waals surface area (Å²) in [5, 5.41) is 0. The average Bonchev–Trinajstić information content (AvgIpc) is 2.65. The molecule has 0 unspecified atom stereocenters. The molecular weight excluding hydrogens is 283 g/mol. The summed E-state index contributed by atoms with van der Waals surface area (Å²) in [6.45, 7) is 9.84. The molecule has 1 saturated heterocycles. The molecule has 1 fully saturated rings. The van der Waals surface area contributed by atoms with Crippen LogP contribution in [0.4, 0.5) is 0 Å². The van der Waals surface area contributed by atoms with E-state index in [-0.39, 0.29) is 0 Å². The molecule has 1 aliphatic rings. The Morgan fingerprint density at radius 2 is 1.64 bits per heavy atom. The van der Waals surface area contributed by atoms with Gasteiger partial charge in [0.15, 0.2) is 0 Å². The monoisotopic (exact) mass is 306 g/mol. The first-order valence-corrected chi connectivity index (χ1v) is 7.25. The SMILES string of the molecule is COC(=O)c1c(C)cc(B2OC(C)(C)C(C)(C)O2)cc1OC. The summed E-state index contributed by atoms with van der Waals surface area (Å²) < 4.78 is 22.2. The maximum atomic E-state index is 11.9. The lowest BCUT2D eigenvalue weighted by atomic mass is 9.77. The Bertz CT molecular complexity index is 578. The number of rotatable bonds is 3. The molecule has 0 N–H and O–H groups in total. The van der Waals surface area contributed by atoms with Crippen LogP contribution in [0.25, 0.3) is 0 Å². The van der Waals surface area contributed by atoms with Crippen molar-refractivity contribution in [2.45, 2.75) is 45.8 Å². The van der Waals surface area contributed by atoms with E-state index in [2.05, 4.69) is 0 Å². The zero-order valence-electron chi connectivity index (χ0n) is 14.3. The van der Waals surface area contributed by atoms with Crippen LogP contribution in [0.15, 0.2) is 12.1 Å². The van der Waals surface area contributed by atoms with Crippen molar-refractivity contribution in [3.8, 4) is 5.75 Å². The molecule has 0 radical (unpaired) electrons. The van der Waals surface area contributed by atoms with Crippen molar-refractivity contribution < 1.29 is 23.6 Å². The molecule has 2 rings (SSSR count). The Morgan fingerprint density at radius 1 is 1.09 bits per heavy atom. The fourth-order valence-electron chi connectivity index (χ4n) is 2.42. The van der Waals surface area contributed by atoms with E-state index in [0.29, 0.717) is 11.3 Å². The molecule has 0 spiro atoms. The Hall–Kier alpha value is -1.53. The lowest BCUT2D eigenvalue weighted by Gasteiger charge is -2.32. The van der Waals surface area contributed by atoms with E-state index >= 15 is 0 Å². The minimum atomic E-state index is -0.496. The highest BCUT2D eigenvalue weighted by atomic mass is 16.7. The molecule has 1 aromatic carbocycles. The van der Waals surface area contributed by atoms with Crippen LogP contribution in [0.3, 0.4) is 0 Å². The molecule has 22 heavy (non-hydrogen) atoms. The third kappa shape index (κ3) is 2.73. The van der Waals surface area contributed by atoms with Gasteiger partial charge in [0.05, 0.1) is 25.4 Å². The van der Waals surface area contributed by atoms with Crippen molar-refractivity contribution in [2.24, 2.45) is 0 Å². The van der Waals surface area contributed by atoms with Gasteiger partial charge in [-0.05, 0) is 51.7 Å². The molecule has 0 atom stereocenters. The van der Waals surface area contributed by atoms with Gasteiger partial charge in [-0.1, -0.05) is 6.07 Å². The van der Waals surface area contributed by atoms with Crippen LogP contribution < -0.4 is 10.2 Å². The number of ether oxygens (including phenoxy) is 2. The number of hydrogen-bond acceptors (Lipinski definition) is 5. The summed E-state index contributed by atoms with van der Waals surface area (Å²) in [4.78, 5) is 11.9. The molecule has 6 heteroatoms. The van der Waals surface area contributed by atoms with Crippen molar-refractivity contribution in [3.05, 3.63) is 23.3 Å². The summed E-state index contributed by atoms with van der Waals surface area (Å²) in [5.74, 6) is 0.0337. The summed E-state index contributed by atoms with van der Waals surface area (Å²) in [6.07, 6.45) is 0. The maximum Gasteiger partial charge on any atom is 0.494 e. The van der Waals surface area contributed by atoms with Crippen LogP contribution in [0.1, 0.15) is 43.6 Å². The fraction of sp³-hybridized carbons (Fsp3) is 0.562. The van der Waals surface area contributed by atoms with Crippen molar-refractivity contribution in [1.82, 2.24) is 0 Å². The van der Waals surface area contributed by atoms with Gasteiger partial charge in [0.25, 0.3) is 0 Å². The van der Waals surface area contributed by atoms with Crippen LogP contribution >= 0.6 is 0 Å². The van der Waals surface area contributed by atoms with Crippen molar-refractivity contribution in [2.75, 3.05) is 14.2 Å². The molecule has 1 aromatic rings. The minimum Gasteiger partial charge on any atom is -0.496 e. The van der Waals surface area contributed by atoms with Crippen LogP contribution in [-0.4, -0.2) is 38.5 Å². The summed E-state index contributed by atoms with van der Waals surface area (Å²) in [5.41, 5.74) is 1.17. The molecule has 0 aromatic heterocycles. The topological polar surface area (TPSA) is 54.0 Å². The van der Waals surface area contributed by atoms with Crippen LogP contribution in [-0.2, 0) is 14.0 Å². The van der Waals surface area contributed by atoms with E-state index in [4.69, 9.17) is 18.8 Å². The van der Waals surface area contributed by atoms with Crippen LogP contribution in [0, 0.1) is 6.92 Å². The quantitative estimate of drug-likeness (QED) is 0.632. The van der Waals surface area contributed by atoms with E-state index < -0.39 is 24.3 Å². The van der Waals surface area contributed by atoms with E-state index in [0.717, 1.165) is 11.0 Å². The molecule has 1 aliphatic heterocycles. The zero-order chi connectivity index (χ0) is 16.7. The molecule has 0 bridgehead atoms. The number of hydrogen-bond donors (Lipinski definition) is 0. The Kier molecular flexibility index (Phi) is 4.28. The van der Waals surface area contributed by atoms with Gasteiger partial charge in [0.2, 0.25) is 0 Å². The van der Waals surface area contributed by atoms with Crippen molar-refractivity contribution >= 4 is 18.6 Å². The van der Waals surface area contributed by atoms with Gasteiger partial charge < -0.3 is 18.8 Å². The lowest BCUT2D eigenvalue weighted by Crippen LogP contribution is -2.41. The first-order valence-electron chi connectivity index (χ1n) is 7.25. The minimum absolute atomic E-state index is 0.417. The Balaban J connectivity index is 2.43. The van der Waals surface area contributed by atoms with E-state index in [1.807, 2.05) is 40.7 Å². The fourth-order valence-corrected chi connectivity index (χ4v) is 2.42. The van der Waals surface area contributed by atoms with Crippen molar-refractivity contribution in [3.63, 3.8) is 0 Å². The molecule has 1 heterocycles. The van der Waals surface area contributed by atoms with Gasteiger partial charge in [-0.25, -0.2) is 4.79 Å². The normalized spacial score (nSPS) is 19.1. The van der Waals surface area contributed by atoms with Crippen LogP contribution in [0.5, 0.6) is 5.75 Å². The summed E-state index contributed by atoms with van der Waals surface area (Å²) in [6, 6.07) is 3.64. The number of esters is 1. The van der Waals surface area contributed by atoms with Gasteiger partial charge in [-0.3, -0.25) is 0 Å². The van der Waals surface area contributed by atoms with Gasteiger partial charge in [-0.15, -0.1) is 0 Å². The van der Waals surface area contributed by atoms with E-state index in [9.17, 15) is 4.79 Å². The molecule has 120 valence electrons. The number of aryl methyl sites for hydroxylation is 1. The number of carbonyl (C=O) groups is 1.